The maximum Gasteiger partial charge on any atom is 0.340 e. The van der Waals surface area contributed by atoms with Crippen LogP contribution in [0.4, 0.5) is 5.69 Å². The molecule has 0 radical (unpaired) electrons. The first-order valence-corrected chi connectivity index (χ1v) is 9.19. The van der Waals surface area contributed by atoms with Crippen molar-refractivity contribution < 1.29 is 19.1 Å². The zero-order chi connectivity index (χ0) is 19.9. The van der Waals surface area contributed by atoms with Gasteiger partial charge in [-0.2, -0.15) is 0 Å². The number of nitrogens with zero attached hydrogens (tertiary/aromatic N) is 1. The van der Waals surface area contributed by atoms with Crippen molar-refractivity contribution in [2.24, 2.45) is 0 Å². The van der Waals surface area contributed by atoms with Gasteiger partial charge in [-0.3, -0.25) is 4.79 Å². The minimum Gasteiger partial charge on any atom is -0.497 e. The highest BCUT2D eigenvalue weighted by atomic mass is 32.2. The molecule has 1 heterocycles. The summed E-state index contributed by atoms with van der Waals surface area (Å²) in [5.74, 6) is -0.393. The second-order valence-corrected chi connectivity index (χ2v) is 6.75. The molecule has 1 aromatic heterocycles. The Morgan fingerprint density at radius 2 is 1.79 bits per heavy atom. The minimum atomic E-state index is -0.559. The number of ether oxygens (including phenoxy) is 2. The van der Waals surface area contributed by atoms with Crippen molar-refractivity contribution in [3.8, 4) is 5.75 Å². The number of esters is 1. The van der Waals surface area contributed by atoms with Crippen LogP contribution >= 0.6 is 11.8 Å². The molecule has 2 aromatic carbocycles. The fourth-order valence-corrected chi connectivity index (χ4v) is 3.21. The Bertz CT molecular complexity index is 975. The summed E-state index contributed by atoms with van der Waals surface area (Å²) in [5.41, 5.74) is 1.04. The molecule has 3 aromatic rings. The number of hydrogen-bond donors (Lipinski definition) is 1. The van der Waals surface area contributed by atoms with Gasteiger partial charge in [0.2, 0.25) is 0 Å². The molecule has 0 atom stereocenters. The number of rotatable bonds is 6. The van der Waals surface area contributed by atoms with Crippen molar-refractivity contribution in [1.82, 2.24) is 4.98 Å². The van der Waals surface area contributed by atoms with Crippen LogP contribution in [0.3, 0.4) is 0 Å². The topological polar surface area (TPSA) is 77.5 Å². The number of anilines is 1. The van der Waals surface area contributed by atoms with Crippen molar-refractivity contribution in [2.45, 2.75) is 9.92 Å². The summed E-state index contributed by atoms with van der Waals surface area (Å²) in [6.07, 6.45) is 1.73. The Kier molecular flexibility index (Phi) is 6.29. The maximum atomic E-state index is 12.6. The molecule has 0 saturated heterocycles. The highest BCUT2D eigenvalue weighted by molar-refractivity contribution is 7.99. The predicted molar refractivity (Wildman–Crippen MR) is 107 cm³/mol. The summed E-state index contributed by atoms with van der Waals surface area (Å²) in [5, 5.41) is 3.62. The van der Waals surface area contributed by atoms with Crippen LogP contribution in [-0.2, 0) is 4.74 Å². The molecule has 0 bridgehead atoms. The number of benzene rings is 2. The molecule has 3 rings (SSSR count). The number of carbonyl (C=O) groups is 2. The van der Waals surface area contributed by atoms with Crippen LogP contribution < -0.4 is 10.1 Å². The Morgan fingerprint density at radius 1 is 1.00 bits per heavy atom. The normalized spacial score (nSPS) is 10.2. The highest BCUT2D eigenvalue weighted by Crippen LogP contribution is 2.27. The first-order valence-electron chi connectivity index (χ1n) is 8.37. The van der Waals surface area contributed by atoms with Gasteiger partial charge in [0.15, 0.2) is 0 Å². The van der Waals surface area contributed by atoms with Crippen LogP contribution in [0, 0.1) is 0 Å². The predicted octanol–water partition coefficient (Wildman–Crippen LogP) is 4.28. The Morgan fingerprint density at radius 3 is 2.43 bits per heavy atom. The first-order chi connectivity index (χ1) is 13.6. The summed E-state index contributed by atoms with van der Waals surface area (Å²) in [4.78, 5) is 29.8. The molecule has 0 fully saturated rings. The van der Waals surface area contributed by atoms with Gasteiger partial charge >= 0.3 is 5.97 Å². The minimum absolute atomic E-state index is 0.220. The highest BCUT2D eigenvalue weighted by Gasteiger charge is 2.16. The van der Waals surface area contributed by atoms with E-state index in [4.69, 9.17) is 9.47 Å². The van der Waals surface area contributed by atoms with E-state index in [1.807, 2.05) is 30.3 Å². The molecule has 0 aliphatic heterocycles. The average molecular weight is 394 g/mol. The fraction of sp³-hybridized carbons (Fsp3) is 0.0952. The molecule has 0 unspecified atom stereocenters. The molecule has 142 valence electrons. The van der Waals surface area contributed by atoms with Gasteiger partial charge in [-0.15, -0.1) is 0 Å². The van der Waals surface area contributed by atoms with E-state index >= 15 is 0 Å². The fourth-order valence-electron chi connectivity index (χ4n) is 2.44. The van der Waals surface area contributed by atoms with E-state index in [9.17, 15) is 9.59 Å². The van der Waals surface area contributed by atoms with Gasteiger partial charge in [-0.25, -0.2) is 9.78 Å². The van der Waals surface area contributed by atoms with Gasteiger partial charge in [-0.05, 0) is 54.6 Å². The molecular weight excluding hydrogens is 376 g/mol. The van der Waals surface area contributed by atoms with Crippen LogP contribution in [0.25, 0.3) is 0 Å². The zero-order valence-electron chi connectivity index (χ0n) is 15.3. The van der Waals surface area contributed by atoms with E-state index in [-0.39, 0.29) is 11.5 Å². The van der Waals surface area contributed by atoms with Crippen molar-refractivity contribution in [3.05, 3.63) is 78.0 Å². The van der Waals surface area contributed by atoms with E-state index in [1.165, 1.54) is 32.0 Å². The number of amides is 1. The molecule has 28 heavy (non-hydrogen) atoms. The van der Waals surface area contributed by atoms with E-state index in [2.05, 4.69) is 10.3 Å². The number of nitrogens with one attached hydrogen (secondary N) is 1. The lowest BCUT2D eigenvalue weighted by Gasteiger charge is -2.11. The Hall–Kier alpha value is -3.32. The van der Waals surface area contributed by atoms with Gasteiger partial charge in [0, 0.05) is 16.7 Å². The third-order valence-corrected chi connectivity index (χ3v) is 4.82. The van der Waals surface area contributed by atoms with Gasteiger partial charge in [0.05, 0.1) is 25.5 Å². The molecule has 7 heteroatoms. The van der Waals surface area contributed by atoms with Gasteiger partial charge < -0.3 is 14.8 Å². The number of carbonyl (C=O) groups excluding carboxylic acids is 2. The monoisotopic (exact) mass is 394 g/mol. The maximum absolute atomic E-state index is 12.6. The molecule has 1 amide bonds. The molecule has 0 aliphatic carbocycles. The summed E-state index contributed by atoms with van der Waals surface area (Å²) < 4.78 is 9.91. The van der Waals surface area contributed by atoms with Crippen LogP contribution in [-0.4, -0.2) is 31.1 Å². The number of methoxy groups -OCH3 is 2. The van der Waals surface area contributed by atoms with Crippen LogP contribution in [0.5, 0.6) is 5.75 Å². The molecular formula is C21H18N2O4S. The van der Waals surface area contributed by atoms with Crippen molar-refractivity contribution in [2.75, 3.05) is 19.5 Å². The average Bonchev–Trinajstić information content (AvgIpc) is 2.74. The van der Waals surface area contributed by atoms with Crippen molar-refractivity contribution in [3.63, 3.8) is 0 Å². The Balaban J connectivity index is 1.75. The largest absolute Gasteiger partial charge is 0.497 e. The summed E-state index contributed by atoms with van der Waals surface area (Å²) in [6.45, 7) is 0. The third kappa shape index (κ3) is 4.69. The van der Waals surface area contributed by atoms with E-state index in [1.54, 1.807) is 30.5 Å². The second-order valence-electron chi connectivity index (χ2n) is 5.65. The molecule has 0 saturated carbocycles. The van der Waals surface area contributed by atoms with E-state index in [0.717, 1.165) is 9.92 Å². The van der Waals surface area contributed by atoms with Crippen LogP contribution in [0.2, 0.25) is 0 Å². The summed E-state index contributed by atoms with van der Waals surface area (Å²) in [7, 11) is 2.78. The summed E-state index contributed by atoms with van der Waals surface area (Å²) in [6, 6.07) is 17.6. The quantitative estimate of drug-likeness (QED) is 0.629. The summed E-state index contributed by atoms with van der Waals surface area (Å²) >= 11 is 1.51. The molecule has 6 nitrogen and oxygen atoms in total. The van der Waals surface area contributed by atoms with Gasteiger partial charge in [0.25, 0.3) is 5.91 Å². The third-order valence-electron chi connectivity index (χ3n) is 3.86. The standard InChI is InChI=1S/C21H18N2O4S/c1-26-15-8-11-18(17(13-15)21(25)27-2)23-20(24)14-6-9-16(10-7-14)28-19-5-3-4-12-22-19/h3-13H,1-2H3,(H,23,24). The smallest absolute Gasteiger partial charge is 0.340 e. The zero-order valence-corrected chi connectivity index (χ0v) is 16.2. The van der Waals surface area contributed by atoms with E-state index < -0.39 is 5.97 Å². The molecule has 0 spiro atoms. The second kappa shape index (κ2) is 9.05. The molecule has 0 aliphatic rings. The first kappa shape index (κ1) is 19.4. The SMILES string of the molecule is COC(=O)c1cc(OC)ccc1NC(=O)c1ccc(Sc2ccccn2)cc1. The molecule has 1 N–H and O–H groups in total. The lowest BCUT2D eigenvalue weighted by molar-refractivity contribution is 0.0601. The van der Waals surface area contributed by atoms with E-state index in [0.29, 0.717) is 17.0 Å². The number of aromatic nitrogens is 1. The Labute approximate surface area is 166 Å². The number of pyridine rings is 1. The lowest BCUT2D eigenvalue weighted by Crippen LogP contribution is -2.15. The van der Waals surface area contributed by atoms with Crippen molar-refractivity contribution in [1.29, 1.82) is 0 Å². The van der Waals surface area contributed by atoms with Crippen molar-refractivity contribution >= 4 is 29.3 Å². The van der Waals surface area contributed by atoms with Gasteiger partial charge in [0.1, 0.15) is 10.8 Å². The van der Waals surface area contributed by atoms with Gasteiger partial charge in [-0.1, -0.05) is 17.8 Å². The van der Waals surface area contributed by atoms with Crippen LogP contribution in [0.15, 0.2) is 76.8 Å². The lowest BCUT2D eigenvalue weighted by atomic mass is 10.1. The van der Waals surface area contributed by atoms with Crippen LogP contribution in [0.1, 0.15) is 20.7 Å². The number of hydrogen-bond acceptors (Lipinski definition) is 6.